The Hall–Kier alpha value is -2.20. The van der Waals surface area contributed by atoms with Gasteiger partial charge in [-0.1, -0.05) is 15.9 Å². The number of methoxy groups -OCH3 is 1. The van der Waals surface area contributed by atoms with Crippen molar-refractivity contribution < 1.29 is 24.2 Å². The Balaban J connectivity index is 1.91. The van der Waals surface area contributed by atoms with Gasteiger partial charge < -0.3 is 20.1 Å². The summed E-state index contributed by atoms with van der Waals surface area (Å²) in [6.07, 6.45) is 0.851. The van der Waals surface area contributed by atoms with Crippen molar-refractivity contribution in [2.24, 2.45) is 0 Å². The first-order valence-electron chi connectivity index (χ1n) is 8.09. The molecule has 1 aromatic heterocycles. The molecule has 0 saturated carbocycles. The molecule has 9 nitrogen and oxygen atoms in total. The fourth-order valence-corrected chi connectivity index (χ4v) is 3.09. The highest BCUT2D eigenvalue weighted by Gasteiger charge is 2.31. The molecule has 1 aliphatic heterocycles. The van der Waals surface area contributed by atoms with Gasteiger partial charge in [0.05, 0.1) is 13.5 Å². The number of amides is 2. The van der Waals surface area contributed by atoms with Crippen LogP contribution in [-0.2, 0) is 14.3 Å². The average molecular weight is 429 g/mol. The third-order valence-electron chi connectivity index (χ3n) is 4.12. The molecule has 0 aromatic carbocycles. The van der Waals surface area contributed by atoms with E-state index in [1.54, 1.807) is 18.3 Å². The van der Waals surface area contributed by atoms with Gasteiger partial charge in [-0.2, -0.15) is 0 Å². The lowest BCUT2D eigenvalue weighted by Gasteiger charge is -2.39. The van der Waals surface area contributed by atoms with Gasteiger partial charge in [-0.05, 0) is 12.1 Å². The second kappa shape index (κ2) is 9.48. The van der Waals surface area contributed by atoms with Crippen molar-refractivity contribution in [3.05, 3.63) is 22.8 Å². The maximum absolute atomic E-state index is 12.1. The van der Waals surface area contributed by atoms with Crippen LogP contribution in [0.5, 0.6) is 0 Å². The molecule has 1 aliphatic rings. The Labute approximate surface area is 159 Å². The van der Waals surface area contributed by atoms with Crippen molar-refractivity contribution in [2.75, 3.05) is 38.6 Å². The molecule has 2 heterocycles. The van der Waals surface area contributed by atoms with Gasteiger partial charge >= 0.3 is 12.1 Å². The van der Waals surface area contributed by atoms with Gasteiger partial charge in [0.2, 0.25) is 5.91 Å². The van der Waals surface area contributed by atoms with Gasteiger partial charge in [0.25, 0.3) is 0 Å². The summed E-state index contributed by atoms with van der Waals surface area (Å²) >= 11 is 3.31. The van der Waals surface area contributed by atoms with E-state index in [1.165, 1.54) is 12.0 Å². The number of carbonyl (C=O) groups is 3. The normalized spacial score (nSPS) is 17.6. The van der Waals surface area contributed by atoms with E-state index in [0.29, 0.717) is 25.5 Å². The predicted molar refractivity (Wildman–Crippen MR) is 96.8 cm³/mol. The lowest BCUT2D eigenvalue weighted by molar-refractivity contribution is -0.142. The number of hydrogen-bond donors (Lipinski definition) is 2. The maximum Gasteiger partial charge on any atom is 0.407 e. The molecule has 1 unspecified atom stereocenters. The minimum absolute atomic E-state index is 0.0785. The smallest absolute Gasteiger partial charge is 0.407 e. The van der Waals surface area contributed by atoms with Crippen LogP contribution in [0.2, 0.25) is 0 Å². The number of hydrogen-bond acceptors (Lipinski definition) is 6. The second-order valence-electron chi connectivity index (χ2n) is 5.86. The fourth-order valence-electron chi connectivity index (χ4n) is 2.75. The number of nitrogens with zero attached hydrogens (tertiary/aromatic N) is 3. The molecule has 0 aliphatic carbocycles. The second-order valence-corrected chi connectivity index (χ2v) is 6.77. The van der Waals surface area contributed by atoms with Gasteiger partial charge in [0.15, 0.2) is 0 Å². The van der Waals surface area contributed by atoms with Crippen LogP contribution in [0.25, 0.3) is 0 Å². The van der Waals surface area contributed by atoms with Crippen molar-refractivity contribution in [3.63, 3.8) is 0 Å². The number of ether oxygens (including phenoxy) is 1. The van der Waals surface area contributed by atoms with E-state index in [4.69, 9.17) is 5.11 Å². The SMILES string of the molecule is COC(=O)CC1CN(C(=O)O)CCN1CCC(=O)Nc1cc(Br)ccn1. The zero-order chi connectivity index (χ0) is 19.1. The van der Waals surface area contributed by atoms with Crippen LogP contribution in [-0.4, -0.2) is 77.2 Å². The van der Waals surface area contributed by atoms with E-state index in [2.05, 4.69) is 31.0 Å². The van der Waals surface area contributed by atoms with Crippen molar-refractivity contribution >= 4 is 39.7 Å². The summed E-state index contributed by atoms with van der Waals surface area (Å²) in [5.74, 6) is -0.158. The van der Waals surface area contributed by atoms with Gasteiger partial charge in [-0.15, -0.1) is 0 Å². The number of esters is 1. The Morgan fingerprint density at radius 3 is 2.85 bits per heavy atom. The maximum atomic E-state index is 12.1. The fraction of sp³-hybridized carbons (Fsp3) is 0.500. The molecule has 10 heteroatoms. The molecule has 2 N–H and O–H groups in total. The molecule has 2 amide bonds. The molecule has 142 valence electrons. The van der Waals surface area contributed by atoms with Crippen LogP contribution in [0.1, 0.15) is 12.8 Å². The molecule has 1 atom stereocenters. The Bertz CT molecular complexity index is 672. The number of rotatable bonds is 6. The first kappa shape index (κ1) is 20.1. The van der Waals surface area contributed by atoms with Gasteiger partial charge in [-0.3, -0.25) is 14.5 Å². The van der Waals surface area contributed by atoms with Crippen LogP contribution >= 0.6 is 15.9 Å². The lowest BCUT2D eigenvalue weighted by atomic mass is 10.1. The minimum atomic E-state index is -1.02. The lowest BCUT2D eigenvalue weighted by Crippen LogP contribution is -2.55. The molecular weight excluding hydrogens is 408 g/mol. The number of carboxylic acid groups (broad SMARTS) is 1. The number of halogens is 1. The highest BCUT2D eigenvalue weighted by molar-refractivity contribution is 9.10. The van der Waals surface area contributed by atoms with E-state index in [9.17, 15) is 14.4 Å². The van der Waals surface area contributed by atoms with Crippen molar-refractivity contribution in [1.29, 1.82) is 0 Å². The zero-order valence-electron chi connectivity index (χ0n) is 14.4. The number of aromatic nitrogens is 1. The summed E-state index contributed by atoms with van der Waals surface area (Å²) in [5, 5.41) is 11.9. The predicted octanol–water partition coefficient (Wildman–Crippen LogP) is 1.40. The topological polar surface area (TPSA) is 112 Å². The molecular formula is C16H21BrN4O5. The molecule has 2 rings (SSSR count). The molecule has 1 saturated heterocycles. The third kappa shape index (κ3) is 5.95. The van der Waals surface area contributed by atoms with Gasteiger partial charge in [-0.25, -0.2) is 9.78 Å². The van der Waals surface area contributed by atoms with E-state index < -0.39 is 12.1 Å². The number of pyridine rings is 1. The van der Waals surface area contributed by atoms with Crippen molar-refractivity contribution in [3.8, 4) is 0 Å². The Kier molecular flexibility index (Phi) is 7.34. The van der Waals surface area contributed by atoms with Crippen molar-refractivity contribution in [1.82, 2.24) is 14.8 Å². The monoisotopic (exact) mass is 428 g/mol. The van der Waals surface area contributed by atoms with Crippen LogP contribution < -0.4 is 5.32 Å². The van der Waals surface area contributed by atoms with Crippen LogP contribution in [0.15, 0.2) is 22.8 Å². The number of anilines is 1. The standard InChI is InChI=1S/C16H21BrN4O5/c1-26-15(23)9-12-10-21(16(24)25)7-6-20(12)5-3-14(22)19-13-8-11(17)2-4-18-13/h2,4,8,12H,3,5-7,9-10H2,1H3,(H,24,25)(H,18,19,22). The summed E-state index contributed by atoms with van der Waals surface area (Å²) in [7, 11) is 1.29. The van der Waals surface area contributed by atoms with Crippen LogP contribution in [0.4, 0.5) is 10.6 Å². The minimum Gasteiger partial charge on any atom is -0.469 e. The largest absolute Gasteiger partial charge is 0.469 e. The molecule has 1 aromatic rings. The number of nitrogens with one attached hydrogen (secondary N) is 1. The summed E-state index contributed by atoms with van der Waals surface area (Å²) in [5.41, 5.74) is 0. The molecule has 0 bridgehead atoms. The number of piperazine rings is 1. The highest BCUT2D eigenvalue weighted by atomic mass is 79.9. The summed E-state index contributed by atoms with van der Waals surface area (Å²) < 4.78 is 5.50. The first-order chi connectivity index (χ1) is 12.4. The first-order valence-corrected chi connectivity index (χ1v) is 8.88. The molecule has 0 spiro atoms. The third-order valence-corrected chi connectivity index (χ3v) is 4.61. The quantitative estimate of drug-likeness (QED) is 0.658. The van der Waals surface area contributed by atoms with Gasteiger partial charge in [0, 0.05) is 49.3 Å². The summed E-state index contributed by atoms with van der Waals surface area (Å²) in [6.45, 7) is 1.41. The summed E-state index contributed by atoms with van der Waals surface area (Å²) in [4.78, 5) is 42.2. The Morgan fingerprint density at radius 1 is 1.42 bits per heavy atom. The van der Waals surface area contributed by atoms with E-state index in [1.807, 2.05) is 4.90 Å². The van der Waals surface area contributed by atoms with Gasteiger partial charge in [0.1, 0.15) is 5.82 Å². The van der Waals surface area contributed by atoms with Crippen LogP contribution in [0, 0.1) is 0 Å². The van der Waals surface area contributed by atoms with E-state index in [-0.39, 0.29) is 31.3 Å². The van der Waals surface area contributed by atoms with E-state index >= 15 is 0 Å². The highest BCUT2D eigenvalue weighted by Crippen LogP contribution is 2.16. The van der Waals surface area contributed by atoms with E-state index in [0.717, 1.165) is 4.47 Å². The summed E-state index contributed by atoms with van der Waals surface area (Å²) in [6, 6.07) is 3.14. The van der Waals surface area contributed by atoms with Crippen molar-refractivity contribution in [2.45, 2.75) is 18.9 Å². The average Bonchev–Trinajstić information content (AvgIpc) is 2.60. The zero-order valence-corrected chi connectivity index (χ0v) is 15.9. The molecule has 1 fully saturated rings. The van der Waals surface area contributed by atoms with Crippen LogP contribution in [0.3, 0.4) is 0 Å². The Morgan fingerprint density at radius 2 is 2.19 bits per heavy atom. The molecule has 0 radical (unpaired) electrons. The molecule has 26 heavy (non-hydrogen) atoms. The number of carbonyl (C=O) groups excluding carboxylic acids is 2.